The summed E-state index contributed by atoms with van der Waals surface area (Å²) < 4.78 is 5.36. The van der Waals surface area contributed by atoms with Crippen LogP contribution in [-0.2, 0) is 9.53 Å². The number of guanidine groups is 1. The van der Waals surface area contributed by atoms with Crippen molar-refractivity contribution in [2.24, 2.45) is 4.99 Å². The Bertz CT molecular complexity index is 547. The first-order valence-electron chi connectivity index (χ1n) is 8.31. The number of halogens is 1. The second kappa shape index (κ2) is 10.6. The average molecular weight is 460 g/mol. The molecule has 0 bridgehead atoms. The van der Waals surface area contributed by atoms with Gasteiger partial charge >= 0.3 is 0 Å². The van der Waals surface area contributed by atoms with Gasteiger partial charge in [-0.2, -0.15) is 0 Å². The molecular weight excluding hydrogens is 431 g/mol. The van der Waals surface area contributed by atoms with Gasteiger partial charge in [0, 0.05) is 41.3 Å². The fourth-order valence-electron chi connectivity index (χ4n) is 2.87. The third-order valence-corrected chi connectivity index (χ3v) is 4.04. The summed E-state index contributed by atoms with van der Waals surface area (Å²) >= 11 is 0. The molecule has 1 aromatic carbocycles. The van der Waals surface area contributed by atoms with E-state index in [2.05, 4.69) is 0 Å². The maximum Gasteiger partial charge on any atom is 0.232 e. The number of carbonyl (C=O) groups is 1. The normalized spacial score (nSPS) is 15.0. The Labute approximate surface area is 167 Å². The highest BCUT2D eigenvalue weighted by molar-refractivity contribution is 14.0. The van der Waals surface area contributed by atoms with E-state index in [1.165, 1.54) is 0 Å². The predicted molar refractivity (Wildman–Crippen MR) is 112 cm³/mol. The molecule has 0 aromatic heterocycles. The summed E-state index contributed by atoms with van der Waals surface area (Å²) in [6, 6.07) is 9.91. The number of carbonyl (C=O) groups excluding carboxylic acids is 1. The molecule has 2 rings (SSSR count). The maximum atomic E-state index is 13.0. The van der Waals surface area contributed by atoms with Gasteiger partial charge in [0.25, 0.3) is 0 Å². The van der Waals surface area contributed by atoms with Gasteiger partial charge in [0.05, 0.1) is 25.7 Å². The summed E-state index contributed by atoms with van der Waals surface area (Å²) in [5.74, 6) is 0.718. The monoisotopic (exact) mass is 460 g/mol. The molecular formula is C18H29IN4O2. The summed E-state index contributed by atoms with van der Waals surface area (Å²) in [5.41, 5.74) is 1.01. The standard InChI is InChI=1S/C18H28N4O2.HI/c1-20(2)18(21(3)4)19-14-16(15-8-6-5-7-9-15)17(23)22-10-12-24-13-11-22;/h5-9,16H,10-14H2,1-4H3;1H. The minimum atomic E-state index is -0.265. The topological polar surface area (TPSA) is 48.4 Å². The lowest BCUT2D eigenvalue weighted by Gasteiger charge is -2.30. The molecule has 1 fully saturated rings. The molecule has 6 nitrogen and oxygen atoms in total. The number of morpholine rings is 1. The highest BCUT2D eigenvalue weighted by Gasteiger charge is 2.27. The van der Waals surface area contributed by atoms with Crippen LogP contribution in [0.15, 0.2) is 35.3 Å². The predicted octanol–water partition coefficient (Wildman–Crippen LogP) is 1.73. The molecule has 25 heavy (non-hydrogen) atoms. The average Bonchev–Trinajstić information content (AvgIpc) is 2.59. The molecule has 7 heteroatoms. The van der Waals surface area contributed by atoms with E-state index in [0.717, 1.165) is 11.5 Å². The van der Waals surface area contributed by atoms with Crippen LogP contribution in [0.3, 0.4) is 0 Å². The maximum absolute atomic E-state index is 13.0. The minimum absolute atomic E-state index is 0. The molecule has 1 atom stereocenters. The lowest BCUT2D eigenvalue weighted by molar-refractivity contribution is -0.136. The van der Waals surface area contributed by atoms with Gasteiger partial charge in [-0.3, -0.25) is 9.79 Å². The summed E-state index contributed by atoms with van der Waals surface area (Å²) in [6.45, 7) is 2.96. The van der Waals surface area contributed by atoms with Gasteiger partial charge < -0.3 is 19.4 Å². The van der Waals surface area contributed by atoms with E-state index in [1.807, 2.05) is 73.2 Å². The number of hydrogen-bond donors (Lipinski definition) is 0. The number of benzene rings is 1. The molecule has 0 radical (unpaired) electrons. The molecule has 0 aliphatic carbocycles. The van der Waals surface area contributed by atoms with Crippen molar-refractivity contribution >= 4 is 35.8 Å². The van der Waals surface area contributed by atoms with Gasteiger partial charge in [0.2, 0.25) is 5.91 Å². The van der Waals surface area contributed by atoms with Gasteiger partial charge in [0.15, 0.2) is 5.96 Å². The molecule has 0 N–H and O–H groups in total. The largest absolute Gasteiger partial charge is 0.378 e. The van der Waals surface area contributed by atoms with E-state index < -0.39 is 0 Å². The lowest BCUT2D eigenvalue weighted by atomic mass is 9.97. The van der Waals surface area contributed by atoms with E-state index >= 15 is 0 Å². The van der Waals surface area contributed by atoms with Crippen LogP contribution in [0, 0.1) is 0 Å². The second-order valence-corrected chi connectivity index (χ2v) is 6.33. The van der Waals surface area contributed by atoms with Crippen LogP contribution in [0.1, 0.15) is 11.5 Å². The van der Waals surface area contributed by atoms with E-state index in [1.54, 1.807) is 0 Å². The first-order chi connectivity index (χ1) is 11.5. The van der Waals surface area contributed by atoms with Gasteiger partial charge in [-0.05, 0) is 5.56 Å². The van der Waals surface area contributed by atoms with Crippen LogP contribution in [-0.4, -0.2) is 87.6 Å². The quantitative estimate of drug-likeness (QED) is 0.390. The van der Waals surface area contributed by atoms with Crippen molar-refractivity contribution in [3.8, 4) is 0 Å². The SMILES string of the molecule is CN(C)C(=NCC(C(=O)N1CCOCC1)c1ccccc1)N(C)C.I. The van der Waals surface area contributed by atoms with Gasteiger partial charge in [-0.25, -0.2) is 0 Å². The highest BCUT2D eigenvalue weighted by Crippen LogP contribution is 2.20. The Morgan fingerprint density at radius 3 is 2.20 bits per heavy atom. The number of rotatable bonds is 4. The molecule has 0 saturated carbocycles. The third kappa shape index (κ3) is 6.14. The fraction of sp³-hybridized carbons (Fsp3) is 0.556. The Kier molecular flexibility index (Phi) is 9.20. The van der Waals surface area contributed by atoms with Crippen molar-refractivity contribution in [2.75, 3.05) is 61.0 Å². The molecule has 1 unspecified atom stereocenters. The number of amides is 1. The van der Waals surface area contributed by atoms with Crippen LogP contribution >= 0.6 is 24.0 Å². The van der Waals surface area contributed by atoms with E-state index in [-0.39, 0.29) is 35.8 Å². The van der Waals surface area contributed by atoms with Gasteiger partial charge in [-0.15, -0.1) is 24.0 Å². The molecule has 1 amide bonds. The van der Waals surface area contributed by atoms with Gasteiger partial charge in [-0.1, -0.05) is 30.3 Å². The molecule has 1 aliphatic rings. The number of nitrogens with zero attached hydrogens (tertiary/aromatic N) is 4. The zero-order chi connectivity index (χ0) is 17.5. The number of hydrogen-bond acceptors (Lipinski definition) is 3. The smallest absolute Gasteiger partial charge is 0.232 e. The van der Waals surface area contributed by atoms with Crippen molar-refractivity contribution < 1.29 is 9.53 Å². The van der Waals surface area contributed by atoms with Gasteiger partial charge in [0.1, 0.15) is 0 Å². The minimum Gasteiger partial charge on any atom is -0.378 e. The zero-order valence-electron chi connectivity index (χ0n) is 15.5. The summed E-state index contributed by atoms with van der Waals surface area (Å²) in [4.78, 5) is 23.5. The van der Waals surface area contributed by atoms with Crippen LogP contribution < -0.4 is 0 Å². The first kappa shape index (κ1) is 21.7. The highest BCUT2D eigenvalue weighted by atomic mass is 127. The van der Waals surface area contributed by atoms with Crippen molar-refractivity contribution in [3.63, 3.8) is 0 Å². The van der Waals surface area contributed by atoms with E-state index in [0.29, 0.717) is 32.8 Å². The summed E-state index contributed by atoms with van der Waals surface area (Å²) in [7, 11) is 7.83. The Morgan fingerprint density at radius 1 is 1.12 bits per heavy atom. The fourth-order valence-corrected chi connectivity index (χ4v) is 2.87. The van der Waals surface area contributed by atoms with Crippen LogP contribution in [0.25, 0.3) is 0 Å². The zero-order valence-corrected chi connectivity index (χ0v) is 17.8. The molecule has 1 aliphatic heterocycles. The molecule has 1 aromatic rings. The van der Waals surface area contributed by atoms with Crippen LogP contribution in [0.4, 0.5) is 0 Å². The third-order valence-electron chi connectivity index (χ3n) is 4.04. The summed E-state index contributed by atoms with van der Waals surface area (Å²) in [6.07, 6.45) is 0. The molecule has 1 heterocycles. The van der Waals surface area contributed by atoms with E-state index in [9.17, 15) is 4.79 Å². The van der Waals surface area contributed by atoms with Crippen molar-refractivity contribution in [1.29, 1.82) is 0 Å². The number of aliphatic imine (C=N–C) groups is 1. The van der Waals surface area contributed by atoms with Crippen LogP contribution in [0.2, 0.25) is 0 Å². The van der Waals surface area contributed by atoms with Crippen LogP contribution in [0.5, 0.6) is 0 Å². The molecule has 140 valence electrons. The molecule has 1 saturated heterocycles. The Balaban J connectivity index is 0.00000312. The Morgan fingerprint density at radius 2 is 1.68 bits per heavy atom. The lowest BCUT2D eigenvalue weighted by Crippen LogP contribution is -2.44. The molecule has 0 spiro atoms. The number of ether oxygens (including phenoxy) is 1. The summed E-state index contributed by atoms with van der Waals surface area (Å²) in [5, 5.41) is 0. The van der Waals surface area contributed by atoms with E-state index in [4.69, 9.17) is 9.73 Å². The van der Waals surface area contributed by atoms with Crippen molar-refractivity contribution in [2.45, 2.75) is 5.92 Å². The van der Waals surface area contributed by atoms with Crippen molar-refractivity contribution in [3.05, 3.63) is 35.9 Å². The Hall–Kier alpha value is -1.35. The first-order valence-corrected chi connectivity index (χ1v) is 8.31. The second-order valence-electron chi connectivity index (χ2n) is 6.33. The van der Waals surface area contributed by atoms with Crippen molar-refractivity contribution in [1.82, 2.24) is 14.7 Å².